The Bertz CT molecular complexity index is 1260. The number of hydrazone groups is 1. The Labute approximate surface area is 177 Å². The summed E-state index contributed by atoms with van der Waals surface area (Å²) in [4.78, 5) is 17.9. The summed E-state index contributed by atoms with van der Waals surface area (Å²) in [6, 6.07) is 17.4. The molecule has 0 bridgehead atoms. The van der Waals surface area contributed by atoms with Crippen LogP contribution < -0.4 is 4.74 Å². The van der Waals surface area contributed by atoms with Gasteiger partial charge in [-0.25, -0.2) is 9.99 Å². The van der Waals surface area contributed by atoms with Crippen LogP contribution in [0.3, 0.4) is 0 Å². The van der Waals surface area contributed by atoms with Crippen molar-refractivity contribution in [3.05, 3.63) is 70.4 Å². The molecule has 0 radical (unpaired) electrons. The Morgan fingerprint density at radius 1 is 1.20 bits per heavy atom. The van der Waals surface area contributed by atoms with E-state index in [0.29, 0.717) is 23.6 Å². The maximum Gasteiger partial charge on any atom is 0.240 e. The SMILES string of the molecule is COc1ccccc1-c1nc2cc(C3=NN(C(C)=O)C(c4cccs4)C3)ccc2o1. The van der Waals surface area contributed by atoms with Crippen LogP contribution in [0.1, 0.15) is 29.8 Å². The van der Waals surface area contributed by atoms with Gasteiger partial charge in [-0.15, -0.1) is 11.3 Å². The molecule has 0 fully saturated rings. The van der Waals surface area contributed by atoms with E-state index in [2.05, 4.69) is 10.1 Å². The van der Waals surface area contributed by atoms with E-state index in [4.69, 9.17) is 9.15 Å². The van der Waals surface area contributed by atoms with Gasteiger partial charge in [0.25, 0.3) is 0 Å². The summed E-state index contributed by atoms with van der Waals surface area (Å²) in [6.07, 6.45) is 0.669. The van der Waals surface area contributed by atoms with Crippen LogP contribution in [0.15, 0.2) is 69.5 Å². The van der Waals surface area contributed by atoms with Crippen molar-refractivity contribution in [3.63, 3.8) is 0 Å². The molecule has 150 valence electrons. The largest absolute Gasteiger partial charge is 0.496 e. The minimum atomic E-state index is -0.0654. The number of thiophene rings is 1. The van der Waals surface area contributed by atoms with Crippen LogP contribution in [0, 0.1) is 0 Å². The summed E-state index contributed by atoms with van der Waals surface area (Å²) in [5, 5.41) is 8.22. The fourth-order valence-electron chi connectivity index (χ4n) is 3.72. The van der Waals surface area contributed by atoms with Crippen LogP contribution in [0.25, 0.3) is 22.6 Å². The zero-order valence-electron chi connectivity index (χ0n) is 16.5. The average molecular weight is 417 g/mol. The van der Waals surface area contributed by atoms with Crippen molar-refractivity contribution >= 4 is 34.1 Å². The van der Waals surface area contributed by atoms with Gasteiger partial charge in [0, 0.05) is 23.8 Å². The van der Waals surface area contributed by atoms with Gasteiger partial charge in [0.15, 0.2) is 5.58 Å². The highest BCUT2D eigenvalue weighted by atomic mass is 32.1. The standard InChI is InChI=1S/C23H19N3O3S/c1-14(27)26-19(22-8-5-11-30-22)13-17(25-26)15-9-10-21-18(12-15)24-23(29-21)16-6-3-4-7-20(16)28-2/h3-12,19H,13H2,1-2H3. The number of aromatic nitrogens is 1. The van der Waals surface area contributed by atoms with E-state index in [1.54, 1.807) is 30.4 Å². The lowest BCUT2D eigenvalue weighted by Crippen LogP contribution is -2.23. The Balaban J connectivity index is 1.51. The van der Waals surface area contributed by atoms with Gasteiger partial charge >= 0.3 is 0 Å². The van der Waals surface area contributed by atoms with Crippen LogP contribution >= 0.6 is 11.3 Å². The van der Waals surface area contributed by atoms with Gasteiger partial charge in [0.2, 0.25) is 11.8 Å². The molecule has 5 rings (SSSR count). The van der Waals surface area contributed by atoms with Crippen LogP contribution in [0.2, 0.25) is 0 Å². The van der Waals surface area contributed by atoms with Crippen LogP contribution in [0.5, 0.6) is 5.75 Å². The number of methoxy groups -OCH3 is 1. The molecule has 1 amide bonds. The second-order valence-corrected chi connectivity index (χ2v) is 8.03. The summed E-state index contributed by atoms with van der Waals surface area (Å²) in [7, 11) is 1.63. The smallest absolute Gasteiger partial charge is 0.240 e. The van der Waals surface area contributed by atoms with E-state index in [9.17, 15) is 4.79 Å². The van der Waals surface area contributed by atoms with E-state index >= 15 is 0 Å². The van der Waals surface area contributed by atoms with Crippen molar-refractivity contribution in [1.29, 1.82) is 0 Å². The average Bonchev–Trinajstić information content (AvgIpc) is 3.51. The van der Waals surface area contributed by atoms with Crippen molar-refractivity contribution < 1.29 is 13.9 Å². The number of fused-ring (bicyclic) bond motifs is 1. The molecule has 2 aromatic heterocycles. The van der Waals surface area contributed by atoms with E-state index in [1.165, 1.54) is 0 Å². The molecule has 0 saturated heterocycles. The maximum atomic E-state index is 12.1. The lowest BCUT2D eigenvalue weighted by molar-refractivity contribution is -0.130. The number of carbonyl (C=O) groups is 1. The summed E-state index contributed by atoms with van der Waals surface area (Å²) < 4.78 is 11.4. The minimum Gasteiger partial charge on any atom is -0.496 e. The molecule has 0 spiro atoms. The molecule has 0 N–H and O–H groups in total. The van der Waals surface area contributed by atoms with Gasteiger partial charge < -0.3 is 9.15 Å². The molecule has 6 nitrogen and oxygen atoms in total. The van der Waals surface area contributed by atoms with Gasteiger partial charge in [-0.2, -0.15) is 5.10 Å². The summed E-state index contributed by atoms with van der Waals surface area (Å²) >= 11 is 1.64. The molecule has 2 aromatic carbocycles. The molecule has 0 saturated carbocycles. The predicted octanol–water partition coefficient (Wildman–Crippen LogP) is 5.26. The third-order valence-corrected chi connectivity index (χ3v) is 6.14. The monoisotopic (exact) mass is 417 g/mol. The quantitative estimate of drug-likeness (QED) is 0.454. The van der Waals surface area contributed by atoms with Gasteiger partial charge in [0.05, 0.1) is 24.4 Å². The van der Waals surface area contributed by atoms with E-state index < -0.39 is 0 Å². The number of para-hydroxylation sites is 1. The number of rotatable bonds is 4. The second-order valence-electron chi connectivity index (χ2n) is 7.05. The lowest BCUT2D eigenvalue weighted by atomic mass is 10.0. The normalized spacial score (nSPS) is 16.1. The third-order valence-electron chi connectivity index (χ3n) is 5.16. The summed E-state index contributed by atoms with van der Waals surface area (Å²) in [5.74, 6) is 1.15. The van der Waals surface area contributed by atoms with E-state index in [1.807, 2.05) is 60.0 Å². The molecule has 0 aliphatic carbocycles. The lowest BCUT2D eigenvalue weighted by Gasteiger charge is -2.18. The van der Waals surface area contributed by atoms with Crippen molar-refractivity contribution in [2.24, 2.45) is 5.10 Å². The fraction of sp³-hybridized carbons (Fsp3) is 0.174. The molecule has 1 aliphatic heterocycles. The zero-order chi connectivity index (χ0) is 20.7. The maximum absolute atomic E-state index is 12.1. The van der Waals surface area contributed by atoms with Crippen molar-refractivity contribution in [3.8, 4) is 17.2 Å². The Morgan fingerprint density at radius 2 is 2.07 bits per heavy atom. The molecule has 1 aliphatic rings. The number of oxazole rings is 1. The Morgan fingerprint density at radius 3 is 2.83 bits per heavy atom. The number of hydrogen-bond acceptors (Lipinski definition) is 6. The molecule has 3 heterocycles. The molecular weight excluding hydrogens is 398 g/mol. The molecule has 1 unspecified atom stereocenters. The summed E-state index contributed by atoms with van der Waals surface area (Å²) in [6.45, 7) is 1.55. The van der Waals surface area contributed by atoms with Crippen LogP contribution in [0.4, 0.5) is 0 Å². The number of hydrogen-bond donors (Lipinski definition) is 0. The highest BCUT2D eigenvalue weighted by Gasteiger charge is 2.32. The fourth-order valence-corrected chi connectivity index (χ4v) is 4.53. The number of amides is 1. The van der Waals surface area contributed by atoms with Gasteiger partial charge in [0.1, 0.15) is 11.3 Å². The predicted molar refractivity (Wildman–Crippen MR) is 117 cm³/mol. The first-order valence-corrected chi connectivity index (χ1v) is 10.5. The molecule has 4 aromatic rings. The second kappa shape index (κ2) is 7.42. The van der Waals surface area contributed by atoms with Crippen molar-refractivity contribution in [2.45, 2.75) is 19.4 Å². The minimum absolute atomic E-state index is 0.0605. The molecule has 7 heteroatoms. The third kappa shape index (κ3) is 3.17. The highest BCUT2D eigenvalue weighted by molar-refractivity contribution is 7.10. The summed E-state index contributed by atoms with van der Waals surface area (Å²) in [5.41, 5.74) is 4.04. The molecule has 1 atom stereocenters. The number of ether oxygens (including phenoxy) is 1. The first-order valence-electron chi connectivity index (χ1n) is 9.59. The number of benzene rings is 2. The van der Waals surface area contributed by atoms with Crippen molar-refractivity contribution in [1.82, 2.24) is 9.99 Å². The highest BCUT2D eigenvalue weighted by Crippen LogP contribution is 2.36. The molecular formula is C23H19N3O3S. The Kier molecular flexibility index (Phi) is 4.59. The van der Waals surface area contributed by atoms with Gasteiger partial charge in [-0.1, -0.05) is 18.2 Å². The van der Waals surface area contributed by atoms with Crippen LogP contribution in [-0.2, 0) is 4.79 Å². The first-order chi connectivity index (χ1) is 14.6. The zero-order valence-corrected chi connectivity index (χ0v) is 17.3. The Hall–Kier alpha value is -3.45. The molecule has 30 heavy (non-hydrogen) atoms. The topological polar surface area (TPSA) is 67.9 Å². The number of nitrogens with zero attached hydrogens (tertiary/aromatic N) is 3. The first kappa shape index (κ1) is 18.6. The van der Waals surface area contributed by atoms with Gasteiger partial charge in [-0.05, 0) is 41.8 Å². The van der Waals surface area contributed by atoms with E-state index in [0.717, 1.165) is 27.2 Å². The van der Waals surface area contributed by atoms with E-state index in [-0.39, 0.29) is 11.9 Å². The van der Waals surface area contributed by atoms with Crippen LogP contribution in [-0.4, -0.2) is 28.7 Å². The van der Waals surface area contributed by atoms with Crippen molar-refractivity contribution in [2.75, 3.05) is 7.11 Å². The number of carbonyl (C=O) groups excluding carboxylic acids is 1. The van der Waals surface area contributed by atoms with Gasteiger partial charge in [-0.3, -0.25) is 4.79 Å².